The minimum atomic E-state index is -0.481. The van der Waals surface area contributed by atoms with Crippen LogP contribution < -0.4 is 20.5 Å². The molecule has 0 spiro atoms. The van der Waals surface area contributed by atoms with E-state index < -0.39 is 5.82 Å². The van der Waals surface area contributed by atoms with E-state index in [1.54, 1.807) is 24.3 Å². The maximum absolute atomic E-state index is 13.7. The highest BCUT2D eigenvalue weighted by atomic mass is 79.9. The monoisotopic (exact) mass is 324 g/mol. The number of ether oxygens (including phenoxy) is 2. The molecule has 19 heavy (non-hydrogen) atoms. The molecule has 0 atom stereocenters. The highest BCUT2D eigenvalue weighted by molar-refractivity contribution is 9.10. The number of nitrogens with two attached hydrogens (primary N) is 1. The third-order valence-electron chi connectivity index (χ3n) is 2.78. The summed E-state index contributed by atoms with van der Waals surface area (Å²) < 4.78 is 24.5. The van der Waals surface area contributed by atoms with Gasteiger partial charge in [0.05, 0.1) is 15.8 Å². The molecule has 0 aromatic heterocycles. The number of halogens is 2. The summed E-state index contributed by atoms with van der Waals surface area (Å²) in [6, 6.07) is 8.68. The van der Waals surface area contributed by atoms with E-state index in [-0.39, 0.29) is 12.5 Å². The molecule has 0 unspecified atom stereocenters. The summed E-state index contributed by atoms with van der Waals surface area (Å²) in [5.74, 6) is 0.868. The Kier molecular flexibility index (Phi) is 2.94. The number of anilines is 3. The average molecular weight is 325 g/mol. The molecule has 0 amide bonds. The first-order valence-electron chi connectivity index (χ1n) is 5.55. The van der Waals surface area contributed by atoms with E-state index in [1.807, 2.05) is 6.07 Å². The molecule has 6 heteroatoms. The molecular weight excluding hydrogens is 315 g/mol. The van der Waals surface area contributed by atoms with Gasteiger partial charge in [-0.1, -0.05) is 0 Å². The minimum Gasteiger partial charge on any atom is -0.454 e. The van der Waals surface area contributed by atoms with Gasteiger partial charge < -0.3 is 20.5 Å². The van der Waals surface area contributed by atoms with Crippen LogP contribution in [0.3, 0.4) is 0 Å². The highest BCUT2D eigenvalue weighted by Gasteiger charge is 2.14. The van der Waals surface area contributed by atoms with Crippen molar-refractivity contribution in [3.8, 4) is 11.5 Å². The number of benzene rings is 2. The quantitative estimate of drug-likeness (QED) is 0.828. The van der Waals surface area contributed by atoms with E-state index in [1.165, 1.54) is 0 Å². The molecule has 1 heterocycles. The largest absolute Gasteiger partial charge is 0.454 e. The van der Waals surface area contributed by atoms with Crippen LogP contribution >= 0.6 is 15.9 Å². The first-order chi connectivity index (χ1) is 9.15. The Morgan fingerprint density at radius 3 is 2.79 bits per heavy atom. The summed E-state index contributed by atoms with van der Waals surface area (Å²) >= 11 is 3.09. The Morgan fingerprint density at radius 1 is 1.16 bits per heavy atom. The van der Waals surface area contributed by atoms with Gasteiger partial charge in [-0.25, -0.2) is 4.39 Å². The van der Waals surface area contributed by atoms with Crippen LogP contribution in [0.25, 0.3) is 0 Å². The van der Waals surface area contributed by atoms with Crippen molar-refractivity contribution in [3.05, 3.63) is 40.6 Å². The Morgan fingerprint density at radius 2 is 1.95 bits per heavy atom. The predicted octanol–water partition coefficient (Wildman–Crippen LogP) is 3.64. The summed E-state index contributed by atoms with van der Waals surface area (Å²) in [6.07, 6.45) is 0. The molecule has 0 aliphatic carbocycles. The van der Waals surface area contributed by atoms with Crippen LogP contribution in [-0.4, -0.2) is 6.79 Å². The lowest BCUT2D eigenvalue weighted by atomic mass is 10.2. The van der Waals surface area contributed by atoms with Crippen LogP contribution in [0.2, 0.25) is 0 Å². The SMILES string of the molecule is Nc1c(Nc2ccc3c(c2)OCO3)ccc(Br)c1F. The maximum atomic E-state index is 13.7. The van der Waals surface area contributed by atoms with Crippen molar-refractivity contribution in [2.24, 2.45) is 0 Å². The molecule has 1 aliphatic rings. The van der Waals surface area contributed by atoms with Crippen LogP contribution in [0.5, 0.6) is 11.5 Å². The van der Waals surface area contributed by atoms with Crippen LogP contribution in [-0.2, 0) is 0 Å². The lowest BCUT2D eigenvalue weighted by Gasteiger charge is -2.11. The fourth-order valence-electron chi connectivity index (χ4n) is 1.81. The van der Waals surface area contributed by atoms with Crippen molar-refractivity contribution in [3.63, 3.8) is 0 Å². The Bertz CT molecular complexity index is 649. The number of fused-ring (bicyclic) bond motifs is 1. The first kappa shape index (κ1) is 12.1. The van der Waals surface area contributed by atoms with Gasteiger partial charge in [-0.2, -0.15) is 0 Å². The topological polar surface area (TPSA) is 56.5 Å². The number of hydrogen-bond acceptors (Lipinski definition) is 4. The molecule has 98 valence electrons. The third-order valence-corrected chi connectivity index (χ3v) is 3.40. The smallest absolute Gasteiger partial charge is 0.231 e. The van der Waals surface area contributed by atoms with Crippen LogP contribution in [0.1, 0.15) is 0 Å². The van der Waals surface area contributed by atoms with Crippen molar-refractivity contribution in [2.45, 2.75) is 0 Å². The zero-order valence-corrected chi connectivity index (χ0v) is 11.3. The van der Waals surface area contributed by atoms with Crippen molar-refractivity contribution in [1.29, 1.82) is 0 Å². The fourth-order valence-corrected chi connectivity index (χ4v) is 2.15. The number of rotatable bonds is 2. The molecule has 4 nitrogen and oxygen atoms in total. The van der Waals surface area contributed by atoms with Gasteiger partial charge in [0.1, 0.15) is 0 Å². The number of nitrogen functional groups attached to an aromatic ring is 1. The second kappa shape index (κ2) is 4.62. The van der Waals surface area contributed by atoms with E-state index >= 15 is 0 Å². The van der Waals surface area contributed by atoms with E-state index in [0.29, 0.717) is 21.7 Å². The third kappa shape index (κ3) is 2.19. The zero-order valence-electron chi connectivity index (χ0n) is 9.74. The molecule has 2 aromatic carbocycles. The molecule has 0 saturated heterocycles. The van der Waals surface area contributed by atoms with Gasteiger partial charge in [0.25, 0.3) is 0 Å². The summed E-state index contributed by atoms with van der Waals surface area (Å²) in [7, 11) is 0. The Labute approximate surface area is 117 Å². The van der Waals surface area contributed by atoms with Crippen LogP contribution in [0, 0.1) is 5.82 Å². The van der Waals surface area contributed by atoms with Crippen molar-refractivity contribution < 1.29 is 13.9 Å². The van der Waals surface area contributed by atoms with Gasteiger partial charge in [0.15, 0.2) is 17.3 Å². The summed E-state index contributed by atoms with van der Waals surface area (Å²) in [4.78, 5) is 0. The van der Waals surface area contributed by atoms with Gasteiger partial charge in [-0.05, 0) is 40.2 Å². The fraction of sp³-hybridized carbons (Fsp3) is 0.0769. The molecule has 0 radical (unpaired) electrons. The molecule has 0 saturated carbocycles. The molecule has 1 aliphatic heterocycles. The summed E-state index contributed by atoms with van der Waals surface area (Å²) in [5, 5.41) is 3.05. The molecule has 3 N–H and O–H groups in total. The van der Waals surface area contributed by atoms with E-state index in [4.69, 9.17) is 15.2 Å². The van der Waals surface area contributed by atoms with Gasteiger partial charge in [-0.15, -0.1) is 0 Å². The summed E-state index contributed by atoms with van der Waals surface area (Å²) in [6.45, 7) is 0.216. The predicted molar refractivity (Wildman–Crippen MR) is 74.4 cm³/mol. The second-order valence-electron chi connectivity index (χ2n) is 4.02. The van der Waals surface area contributed by atoms with Crippen LogP contribution in [0.15, 0.2) is 34.8 Å². The standard InChI is InChI=1S/C13H10BrFN2O2/c14-8-2-3-9(13(16)12(8)15)17-7-1-4-10-11(5-7)19-6-18-10/h1-5,17H,6,16H2. The minimum absolute atomic E-state index is 0.0621. The van der Waals surface area contributed by atoms with Crippen molar-refractivity contribution >= 4 is 33.0 Å². The molecule has 0 fully saturated rings. The number of nitrogens with one attached hydrogen (secondary N) is 1. The zero-order chi connectivity index (χ0) is 13.4. The first-order valence-corrected chi connectivity index (χ1v) is 6.34. The molecule has 2 aromatic rings. The normalized spacial score (nSPS) is 12.5. The van der Waals surface area contributed by atoms with Gasteiger partial charge in [-0.3, -0.25) is 0 Å². The number of hydrogen-bond donors (Lipinski definition) is 2. The lowest BCUT2D eigenvalue weighted by molar-refractivity contribution is 0.174. The Hall–Kier alpha value is -1.95. The van der Waals surface area contributed by atoms with Crippen molar-refractivity contribution in [1.82, 2.24) is 0 Å². The van der Waals surface area contributed by atoms with Gasteiger partial charge in [0.2, 0.25) is 6.79 Å². The van der Waals surface area contributed by atoms with Crippen molar-refractivity contribution in [2.75, 3.05) is 17.8 Å². The van der Waals surface area contributed by atoms with Crippen LogP contribution in [0.4, 0.5) is 21.5 Å². The van der Waals surface area contributed by atoms with E-state index in [9.17, 15) is 4.39 Å². The van der Waals surface area contributed by atoms with Gasteiger partial charge >= 0.3 is 0 Å². The van der Waals surface area contributed by atoms with E-state index in [0.717, 1.165) is 5.69 Å². The lowest BCUT2D eigenvalue weighted by Crippen LogP contribution is -1.99. The van der Waals surface area contributed by atoms with Gasteiger partial charge in [0, 0.05) is 11.8 Å². The molecule has 3 rings (SSSR count). The Balaban J connectivity index is 1.91. The van der Waals surface area contributed by atoms with E-state index in [2.05, 4.69) is 21.2 Å². The summed E-state index contributed by atoms with van der Waals surface area (Å²) in [5.41, 5.74) is 7.03. The molecular formula is C13H10BrFN2O2. The molecule has 0 bridgehead atoms. The average Bonchev–Trinajstić information content (AvgIpc) is 2.87. The second-order valence-corrected chi connectivity index (χ2v) is 4.87. The maximum Gasteiger partial charge on any atom is 0.231 e. The highest BCUT2D eigenvalue weighted by Crippen LogP contribution is 2.36.